The molecule has 1 atom stereocenters. The van der Waals surface area contributed by atoms with Gasteiger partial charge in [0.05, 0.1) is 6.61 Å². The fourth-order valence-electron chi connectivity index (χ4n) is 1.51. The number of anilines is 2. The van der Waals surface area contributed by atoms with E-state index in [9.17, 15) is 0 Å². The Morgan fingerprint density at radius 2 is 2.11 bits per heavy atom. The van der Waals surface area contributed by atoms with Crippen LogP contribution in [0.5, 0.6) is 6.01 Å². The number of nitrogens with two attached hydrogens (primary N) is 1. The van der Waals surface area contributed by atoms with Crippen molar-refractivity contribution in [3.8, 4) is 6.01 Å². The van der Waals surface area contributed by atoms with Crippen molar-refractivity contribution >= 4 is 11.9 Å². The highest BCUT2D eigenvalue weighted by atomic mass is 16.5. The summed E-state index contributed by atoms with van der Waals surface area (Å²) in [4.78, 5) is 11.9. The van der Waals surface area contributed by atoms with Gasteiger partial charge in [-0.05, 0) is 19.3 Å². The van der Waals surface area contributed by atoms with Gasteiger partial charge in [0, 0.05) is 13.2 Å². The summed E-state index contributed by atoms with van der Waals surface area (Å²) in [5.41, 5.74) is 5.57. The lowest BCUT2D eigenvalue weighted by Gasteiger charge is -2.14. The SMILES string of the molecule is CCOc1nc(N)nc(NCC(CC)CCO)n1. The Morgan fingerprint density at radius 3 is 2.72 bits per heavy atom. The number of nitrogen functional groups attached to an aromatic ring is 1. The normalized spacial score (nSPS) is 12.2. The molecule has 1 aromatic heterocycles. The molecule has 7 heteroatoms. The number of nitrogens with one attached hydrogen (secondary N) is 1. The quantitative estimate of drug-likeness (QED) is 0.627. The average molecular weight is 255 g/mol. The summed E-state index contributed by atoms with van der Waals surface area (Å²) in [7, 11) is 0. The van der Waals surface area contributed by atoms with Crippen LogP contribution in [0.2, 0.25) is 0 Å². The number of ether oxygens (including phenoxy) is 1. The van der Waals surface area contributed by atoms with Gasteiger partial charge in [-0.15, -0.1) is 0 Å². The van der Waals surface area contributed by atoms with E-state index in [4.69, 9.17) is 15.6 Å². The molecule has 1 unspecified atom stereocenters. The molecule has 7 nitrogen and oxygen atoms in total. The van der Waals surface area contributed by atoms with Crippen LogP contribution < -0.4 is 15.8 Å². The fourth-order valence-corrected chi connectivity index (χ4v) is 1.51. The lowest BCUT2D eigenvalue weighted by Crippen LogP contribution is -2.17. The molecule has 0 amide bonds. The molecule has 0 aliphatic carbocycles. The predicted octanol–water partition coefficient (Wildman–Crippen LogP) is 0.673. The highest BCUT2D eigenvalue weighted by Gasteiger charge is 2.08. The van der Waals surface area contributed by atoms with Crippen molar-refractivity contribution in [2.75, 3.05) is 30.8 Å². The average Bonchev–Trinajstić information content (AvgIpc) is 2.34. The molecule has 0 bridgehead atoms. The molecular formula is C11H21N5O2. The van der Waals surface area contributed by atoms with E-state index in [1.54, 1.807) is 0 Å². The van der Waals surface area contributed by atoms with Gasteiger partial charge in [0.1, 0.15) is 0 Å². The summed E-state index contributed by atoms with van der Waals surface area (Å²) >= 11 is 0. The van der Waals surface area contributed by atoms with E-state index in [2.05, 4.69) is 27.2 Å². The minimum absolute atomic E-state index is 0.131. The van der Waals surface area contributed by atoms with Crippen molar-refractivity contribution in [3.05, 3.63) is 0 Å². The zero-order chi connectivity index (χ0) is 13.4. The lowest BCUT2D eigenvalue weighted by atomic mass is 10.0. The van der Waals surface area contributed by atoms with E-state index in [-0.39, 0.29) is 18.6 Å². The second kappa shape index (κ2) is 7.65. The van der Waals surface area contributed by atoms with Gasteiger partial charge in [-0.3, -0.25) is 0 Å². The first-order chi connectivity index (χ1) is 8.69. The van der Waals surface area contributed by atoms with Crippen LogP contribution in [0.4, 0.5) is 11.9 Å². The van der Waals surface area contributed by atoms with Gasteiger partial charge in [0.2, 0.25) is 11.9 Å². The summed E-state index contributed by atoms with van der Waals surface area (Å²) < 4.78 is 5.19. The van der Waals surface area contributed by atoms with Crippen molar-refractivity contribution in [2.24, 2.45) is 5.92 Å². The fraction of sp³-hybridized carbons (Fsp3) is 0.727. The van der Waals surface area contributed by atoms with Crippen LogP contribution in [0.3, 0.4) is 0 Å². The van der Waals surface area contributed by atoms with Crippen LogP contribution >= 0.6 is 0 Å². The van der Waals surface area contributed by atoms with Gasteiger partial charge in [-0.25, -0.2) is 0 Å². The number of aliphatic hydroxyl groups excluding tert-OH is 1. The Labute approximate surface area is 107 Å². The molecule has 1 heterocycles. The number of aliphatic hydroxyl groups is 1. The molecule has 0 aliphatic rings. The number of rotatable bonds is 8. The number of hydrogen-bond acceptors (Lipinski definition) is 7. The molecule has 102 valence electrons. The topological polar surface area (TPSA) is 106 Å². The molecule has 0 saturated carbocycles. The summed E-state index contributed by atoms with van der Waals surface area (Å²) in [5, 5.41) is 12.0. The van der Waals surface area contributed by atoms with Gasteiger partial charge in [0.25, 0.3) is 0 Å². The Balaban J connectivity index is 2.60. The Kier molecular flexibility index (Phi) is 6.13. The van der Waals surface area contributed by atoms with E-state index in [1.165, 1.54) is 0 Å². The summed E-state index contributed by atoms with van der Waals surface area (Å²) in [6.07, 6.45) is 1.73. The number of hydrogen-bond donors (Lipinski definition) is 3. The van der Waals surface area contributed by atoms with Gasteiger partial charge in [-0.2, -0.15) is 15.0 Å². The Hall–Kier alpha value is -1.63. The first-order valence-corrected chi connectivity index (χ1v) is 6.18. The molecule has 0 aliphatic heterocycles. The third-order valence-corrected chi connectivity index (χ3v) is 2.57. The molecule has 0 aromatic carbocycles. The maximum Gasteiger partial charge on any atom is 0.323 e. The molecule has 0 spiro atoms. The molecule has 0 saturated heterocycles. The predicted molar refractivity (Wildman–Crippen MR) is 69.4 cm³/mol. The van der Waals surface area contributed by atoms with Gasteiger partial charge in [0.15, 0.2) is 0 Å². The van der Waals surface area contributed by atoms with Gasteiger partial charge >= 0.3 is 6.01 Å². The van der Waals surface area contributed by atoms with Gasteiger partial charge < -0.3 is 20.9 Å². The Morgan fingerprint density at radius 1 is 1.33 bits per heavy atom. The number of aromatic nitrogens is 3. The molecular weight excluding hydrogens is 234 g/mol. The third-order valence-electron chi connectivity index (χ3n) is 2.57. The smallest absolute Gasteiger partial charge is 0.323 e. The summed E-state index contributed by atoms with van der Waals surface area (Å²) in [6, 6.07) is 0.225. The molecule has 1 aromatic rings. The zero-order valence-corrected chi connectivity index (χ0v) is 10.9. The maximum atomic E-state index is 8.91. The minimum atomic E-state index is 0.131. The second-order valence-electron chi connectivity index (χ2n) is 3.90. The standard InChI is InChI=1S/C11H21N5O2/c1-3-8(5-6-17)7-13-10-14-9(12)15-11(16-10)18-4-2/h8,17H,3-7H2,1-2H3,(H3,12,13,14,15,16). The minimum Gasteiger partial charge on any atom is -0.464 e. The van der Waals surface area contributed by atoms with E-state index in [1.807, 2.05) is 6.92 Å². The van der Waals surface area contributed by atoms with Crippen LogP contribution in [0.15, 0.2) is 0 Å². The summed E-state index contributed by atoms with van der Waals surface area (Å²) in [5.74, 6) is 0.914. The van der Waals surface area contributed by atoms with Crippen LogP contribution in [0, 0.1) is 5.92 Å². The molecule has 0 radical (unpaired) electrons. The Bertz CT molecular complexity index is 361. The highest BCUT2D eigenvalue weighted by Crippen LogP contribution is 2.12. The van der Waals surface area contributed by atoms with E-state index in [0.717, 1.165) is 12.8 Å². The van der Waals surface area contributed by atoms with E-state index < -0.39 is 0 Å². The molecule has 4 N–H and O–H groups in total. The van der Waals surface area contributed by atoms with Crippen LogP contribution in [-0.2, 0) is 0 Å². The molecule has 0 fully saturated rings. The third kappa shape index (κ3) is 4.70. The van der Waals surface area contributed by atoms with Gasteiger partial charge in [-0.1, -0.05) is 13.3 Å². The van der Waals surface area contributed by atoms with Crippen LogP contribution in [0.1, 0.15) is 26.7 Å². The van der Waals surface area contributed by atoms with Crippen molar-refractivity contribution in [3.63, 3.8) is 0 Å². The lowest BCUT2D eigenvalue weighted by molar-refractivity contribution is 0.258. The van der Waals surface area contributed by atoms with Crippen molar-refractivity contribution in [1.82, 2.24) is 15.0 Å². The van der Waals surface area contributed by atoms with Crippen LogP contribution in [0.25, 0.3) is 0 Å². The molecule has 1 rings (SSSR count). The highest BCUT2D eigenvalue weighted by molar-refractivity contribution is 5.32. The monoisotopic (exact) mass is 255 g/mol. The summed E-state index contributed by atoms with van der Waals surface area (Å²) in [6.45, 7) is 5.28. The van der Waals surface area contributed by atoms with Crippen LogP contribution in [-0.4, -0.2) is 39.8 Å². The van der Waals surface area contributed by atoms with Crippen molar-refractivity contribution in [2.45, 2.75) is 26.7 Å². The second-order valence-corrected chi connectivity index (χ2v) is 3.90. The molecule has 18 heavy (non-hydrogen) atoms. The largest absolute Gasteiger partial charge is 0.464 e. The first kappa shape index (κ1) is 14.4. The van der Waals surface area contributed by atoms with Crippen molar-refractivity contribution in [1.29, 1.82) is 0 Å². The number of nitrogens with zero attached hydrogens (tertiary/aromatic N) is 3. The zero-order valence-electron chi connectivity index (χ0n) is 10.9. The maximum absolute atomic E-state index is 8.91. The first-order valence-electron chi connectivity index (χ1n) is 6.18. The van der Waals surface area contributed by atoms with E-state index >= 15 is 0 Å². The van der Waals surface area contributed by atoms with E-state index in [0.29, 0.717) is 25.0 Å². The van der Waals surface area contributed by atoms with Crippen molar-refractivity contribution < 1.29 is 9.84 Å².